The Morgan fingerprint density at radius 3 is 2.39 bits per heavy atom. The van der Waals surface area contributed by atoms with E-state index in [1.54, 1.807) is 0 Å². The van der Waals surface area contributed by atoms with Gasteiger partial charge in [0.2, 0.25) is 0 Å². The molecule has 3 heteroatoms. The Bertz CT molecular complexity index is 241. The van der Waals surface area contributed by atoms with Crippen molar-refractivity contribution in [3.8, 4) is 0 Å². The molecule has 0 amide bonds. The van der Waals surface area contributed by atoms with Gasteiger partial charge in [-0.2, -0.15) is 0 Å². The van der Waals surface area contributed by atoms with E-state index >= 15 is 0 Å². The van der Waals surface area contributed by atoms with E-state index in [0.717, 1.165) is 25.3 Å². The quantitative estimate of drug-likeness (QED) is 0.788. The molecule has 2 N–H and O–H groups in total. The summed E-state index contributed by atoms with van der Waals surface area (Å²) in [6.07, 6.45) is 6.86. The van der Waals surface area contributed by atoms with Gasteiger partial charge in [-0.1, -0.05) is 26.7 Å². The summed E-state index contributed by atoms with van der Waals surface area (Å²) < 4.78 is 0. The molecule has 2 rings (SSSR count). The van der Waals surface area contributed by atoms with E-state index in [-0.39, 0.29) is 0 Å². The zero-order valence-corrected chi connectivity index (χ0v) is 12.1. The largest absolute Gasteiger partial charge is 0.389 e. The van der Waals surface area contributed by atoms with Crippen LogP contribution in [0.4, 0.5) is 0 Å². The van der Waals surface area contributed by atoms with E-state index in [1.165, 1.54) is 45.3 Å². The van der Waals surface area contributed by atoms with E-state index in [4.69, 9.17) is 0 Å². The molecule has 0 radical (unpaired) electrons. The van der Waals surface area contributed by atoms with Crippen LogP contribution < -0.4 is 5.32 Å². The molecule has 1 saturated heterocycles. The lowest BCUT2D eigenvalue weighted by molar-refractivity contribution is 0.0414. The van der Waals surface area contributed by atoms with Crippen LogP contribution in [0.15, 0.2) is 0 Å². The van der Waals surface area contributed by atoms with Crippen LogP contribution in [0, 0.1) is 5.92 Å². The van der Waals surface area contributed by atoms with Gasteiger partial charge in [-0.3, -0.25) is 0 Å². The van der Waals surface area contributed by atoms with Crippen LogP contribution in [0.2, 0.25) is 0 Å². The van der Waals surface area contributed by atoms with Gasteiger partial charge in [0.05, 0.1) is 5.60 Å². The highest BCUT2D eigenvalue weighted by Gasteiger charge is 2.31. The van der Waals surface area contributed by atoms with Gasteiger partial charge in [0.1, 0.15) is 0 Å². The topological polar surface area (TPSA) is 35.5 Å². The van der Waals surface area contributed by atoms with E-state index in [1.807, 2.05) is 0 Å². The molecule has 1 aliphatic carbocycles. The molecule has 2 fully saturated rings. The first-order valence-electron chi connectivity index (χ1n) is 7.75. The molecular weight excluding hydrogens is 224 g/mol. The van der Waals surface area contributed by atoms with Gasteiger partial charge >= 0.3 is 0 Å². The summed E-state index contributed by atoms with van der Waals surface area (Å²) in [6, 6.07) is 0.623. The van der Waals surface area contributed by atoms with Crippen molar-refractivity contribution in [1.29, 1.82) is 0 Å². The number of piperidine rings is 1. The van der Waals surface area contributed by atoms with E-state index < -0.39 is 5.60 Å². The van der Waals surface area contributed by atoms with Gasteiger partial charge in [0, 0.05) is 19.1 Å². The number of nitrogens with zero attached hydrogens (tertiary/aromatic N) is 1. The summed E-state index contributed by atoms with van der Waals surface area (Å²) in [5, 5.41) is 13.9. The molecule has 0 unspecified atom stereocenters. The van der Waals surface area contributed by atoms with Crippen molar-refractivity contribution < 1.29 is 5.11 Å². The number of nitrogens with one attached hydrogen (secondary N) is 1. The first-order valence-corrected chi connectivity index (χ1v) is 7.75. The van der Waals surface area contributed by atoms with Gasteiger partial charge in [0.25, 0.3) is 0 Å². The van der Waals surface area contributed by atoms with Crippen LogP contribution >= 0.6 is 0 Å². The first kappa shape index (κ1) is 14.3. The Hall–Kier alpha value is -0.120. The average Bonchev–Trinajstić information content (AvgIpc) is 2.75. The van der Waals surface area contributed by atoms with E-state index in [2.05, 4.69) is 24.1 Å². The molecule has 2 aliphatic rings. The average molecular weight is 254 g/mol. The molecule has 1 aliphatic heterocycles. The standard InChI is InChI=1S/C15H30N2O/c1-13(2)11-17-9-5-14(6-10-17)16-12-15(18)7-3-4-8-15/h13-14,16,18H,3-12H2,1-2H3. The lowest BCUT2D eigenvalue weighted by Gasteiger charge is -2.35. The maximum atomic E-state index is 10.3. The molecule has 3 nitrogen and oxygen atoms in total. The third-order valence-corrected chi connectivity index (χ3v) is 4.46. The van der Waals surface area contributed by atoms with Gasteiger partial charge in [-0.25, -0.2) is 0 Å². The van der Waals surface area contributed by atoms with Gasteiger partial charge in [-0.15, -0.1) is 0 Å². The summed E-state index contributed by atoms with van der Waals surface area (Å²) in [6.45, 7) is 9.06. The molecule has 0 spiro atoms. The van der Waals surface area contributed by atoms with Crippen LogP contribution in [-0.2, 0) is 0 Å². The predicted molar refractivity (Wildman–Crippen MR) is 75.7 cm³/mol. The Kier molecular flexibility index (Phi) is 5.05. The highest BCUT2D eigenvalue weighted by atomic mass is 16.3. The number of hydrogen-bond acceptors (Lipinski definition) is 3. The van der Waals surface area contributed by atoms with Crippen LogP contribution in [0.1, 0.15) is 52.4 Å². The van der Waals surface area contributed by atoms with Crippen LogP contribution in [0.25, 0.3) is 0 Å². The van der Waals surface area contributed by atoms with Gasteiger partial charge in [0.15, 0.2) is 0 Å². The number of aliphatic hydroxyl groups is 1. The maximum Gasteiger partial charge on any atom is 0.0771 e. The summed E-state index contributed by atoms with van der Waals surface area (Å²) in [4.78, 5) is 2.58. The highest BCUT2D eigenvalue weighted by molar-refractivity contribution is 4.88. The third kappa shape index (κ3) is 4.22. The monoisotopic (exact) mass is 254 g/mol. The van der Waals surface area contributed by atoms with Crippen molar-refractivity contribution in [3.63, 3.8) is 0 Å². The Morgan fingerprint density at radius 2 is 1.83 bits per heavy atom. The number of likely N-dealkylation sites (tertiary alicyclic amines) is 1. The fourth-order valence-electron chi connectivity index (χ4n) is 3.38. The maximum absolute atomic E-state index is 10.3. The zero-order chi connectivity index (χ0) is 13.0. The van der Waals surface area contributed by atoms with Crippen molar-refractivity contribution in [1.82, 2.24) is 10.2 Å². The lowest BCUT2D eigenvalue weighted by atomic mass is 9.99. The minimum atomic E-state index is -0.394. The molecule has 0 aromatic carbocycles. The SMILES string of the molecule is CC(C)CN1CCC(NCC2(O)CCCC2)CC1. The lowest BCUT2D eigenvalue weighted by Crippen LogP contribution is -2.48. The first-order chi connectivity index (χ1) is 8.57. The predicted octanol–water partition coefficient (Wildman–Crippen LogP) is 2.00. The molecule has 106 valence electrons. The third-order valence-electron chi connectivity index (χ3n) is 4.46. The van der Waals surface area contributed by atoms with Crippen LogP contribution in [-0.4, -0.2) is 47.8 Å². The summed E-state index contributed by atoms with van der Waals surface area (Å²) >= 11 is 0. The smallest absolute Gasteiger partial charge is 0.0771 e. The van der Waals surface area contributed by atoms with Crippen LogP contribution in [0.3, 0.4) is 0 Å². The Labute approximate surface area is 112 Å². The summed E-state index contributed by atoms with van der Waals surface area (Å²) in [7, 11) is 0. The molecule has 1 heterocycles. The second-order valence-electron chi connectivity index (χ2n) is 6.78. The van der Waals surface area contributed by atoms with E-state index in [0.29, 0.717) is 6.04 Å². The Morgan fingerprint density at radius 1 is 1.22 bits per heavy atom. The molecule has 0 aromatic heterocycles. The second kappa shape index (κ2) is 6.36. The van der Waals surface area contributed by atoms with E-state index in [9.17, 15) is 5.11 Å². The minimum absolute atomic E-state index is 0.394. The molecule has 0 bridgehead atoms. The summed E-state index contributed by atoms with van der Waals surface area (Å²) in [5.41, 5.74) is -0.394. The second-order valence-corrected chi connectivity index (χ2v) is 6.78. The molecule has 0 aromatic rings. The summed E-state index contributed by atoms with van der Waals surface area (Å²) in [5.74, 6) is 0.772. The van der Waals surface area contributed by atoms with Crippen molar-refractivity contribution in [2.45, 2.75) is 64.0 Å². The fraction of sp³-hybridized carbons (Fsp3) is 1.00. The van der Waals surface area contributed by atoms with Gasteiger partial charge in [-0.05, 0) is 44.7 Å². The number of rotatable bonds is 5. The molecular formula is C15H30N2O. The highest BCUT2D eigenvalue weighted by Crippen LogP contribution is 2.29. The van der Waals surface area contributed by atoms with Crippen molar-refractivity contribution >= 4 is 0 Å². The fourth-order valence-corrected chi connectivity index (χ4v) is 3.38. The van der Waals surface area contributed by atoms with Crippen molar-refractivity contribution in [2.24, 2.45) is 5.92 Å². The Balaban J connectivity index is 1.64. The molecule has 1 saturated carbocycles. The number of hydrogen-bond donors (Lipinski definition) is 2. The molecule has 18 heavy (non-hydrogen) atoms. The van der Waals surface area contributed by atoms with Gasteiger partial charge < -0.3 is 15.3 Å². The minimum Gasteiger partial charge on any atom is -0.389 e. The van der Waals surface area contributed by atoms with Crippen molar-refractivity contribution in [2.75, 3.05) is 26.2 Å². The van der Waals surface area contributed by atoms with Crippen LogP contribution in [0.5, 0.6) is 0 Å². The normalized spacial score (nSPS) is 26.0. The van der Waals surface area contributed by atoms with Crippen molar-refractivity contribution in [3.05, 3.63) is 0 Å². The molecule has 0 atom stereocenters. The zero-order valence-electron chi connectivity index (χ0n) is 12.1.